The highest BCUT2D eigenvalue weighted by Crippen LogP contribution is 2.19. The van der Waals surface area contributed by atoms with Crippen LogP contribution in [-0.4, -0.2) is 68.5 Å². The van der Waals surface area contributed by atoms with E-state index in [1.54, 1.807) is 17.5 Å². The molecule has 1 aliphatic heterocycles. The summed E-state index contributed by atoms with van der Waals surface area (Å²) in [7, 11) is -3.86. The molecule has 0 saturated carbocycles. The molecule has 0 amide bonds. The minimum atomic E-state index is -3.86. The normalized spacial score (nSPS) is 15.5. The number of thiazole rings is 1. The summed E-state index contributed by atoms with van der Waals surface area (Å²) in [6.07, 6.45) is 1.77. The Balaban J connectivity index is 1.48. The molecular weight excluding hydrogens is 418 g/mol. The zero-order valence-corrected chi connectivity index (χ0v) is 17.1. The summed E-state index contributed by atoms with van der Waals surface area (Å²) in [5.41, 5.74) is 5.73. The number of sulfonamides is 1. The SMILES string of the molecule is NC(=NCCNS(=O)(=O)c1cccc([N+](=O)[O-])c1)N1CCN(c2nccs2)CC1. The number of nitrogens with zero attached hydrogens (tertiary/aromatic N) is 5. The molecule has 2 aromatic rings. The van der Waals surface area contributed by atoms with Crippen molar-refractivity contribution in [1.29, 1.82) is 0 Å². The summed E-state index contributed by atoms with van der Waals surface area (Å²) in [4.78, 5) is 22.6. The van der Waals surface area contributed by atoms with E-state index in [1.165, 1.54) is 18.2 Å². The fourth-order valence-corrected chi connectivity index (χ4v) is 4.55. The summed E-state index contributed by atoms with van der Waals surface area (Å²) < 4.78 is 26.9. The number of aliphatic imine (C=N–C) groups is 1. The number of nitro groups is 1. The lowest BCUT2D eigenvalue weighted by Gasteiger charge is -2.35. The Morgan fingerprint density at radius 3 is 2.76 bits per heavy atom. The second-order valence-electron chi connectivity index (χ2n) is 6.18. The third-order valence-corrected chi connectivity index (χ3v) is 6.60. The maximum atomic E-state index is 12.3. The van der Waals surface area contributed by atoms with Crippen molar-refractivity contribution in [3.05, 3.63) is 46.0 Å². The molecule has 1 aliphatic rings. The highest BCUT2D eigenvalue weighted by Gasteiger charge is 2.20. The Morgan fingerprint density at radius 1 is 1.34 bits per heavy atom. The van der Waals surface area contributed by atoms with Crippen LogP contribution in [-0.2, 0) is 10.0 Å². The average molecular weight is 440 g/mol. The molecule has 1 saturated heterocycles. The summed E-state index contributed by atoms with van der Waals surface area (Å²) >= 11 is 1.59. The van der Waals surface area contributed by atoms with Gasteiger partial charge in [0.05, 0.1) is 16.4 Å². The molecule has 0 unspecified atom stereocenters. The van der Waals surface area contributed by atoms with Crippen LogP contribution in [0.2, 0.25) is 0 Å². The first-order valence-corrected chi connectivity index (χ1v) is 11.2. The number of hydrogen-bond donors (Lipinski definition) is 2. The van der Waals surface area contributed by atoms with Crippen molar-refractivity contribution in [1.82, 2.24) is 14.6 Å². The number of benzene rings is 1. The van der Waals surface area contributed by atoms with Crippen molar-refractivity contribution >= 4 is 38.1 Å². The lowest BCUT2D eigenvalue weighted by Crippen LogP contribution is -2.51. The Kier molecular flexibility index (Phi) is 6.61. The van der Waals surface area contributed by atoms with Crippen LogP contribution < -0.4 is 15.4 Å². The Hall–Kier alpha value is -2.77. The van der Waals surface area contributed by atoms with Crippen LogP contribution >= 0.6 is 11.3 Å². The lowest BCUT2D eigenvalue weighted by atomic mass is 10.3. The molecule has 1 fully saturated rings. The van der Waals surface area contributed by atoms with E-state index in [-0.39, 0.29) is 23.7 Å². The first-order chi connectivity index (χ1) is 13.9. The smallest absolute Gasteiger partial charge is 0.270 e. The summed E-state index contributed by atoms with van der Waals surface area (Å²) in [5, 5.41) is 13.7. The third-order valence-electron chi connectivity index (χ3n) is 4.31. The predicted molar refractivity (Wildman–Crippen MR) is 111 cm³/mol. The van der Waals surface area contributed by atoms with Gasteiger partial charge in [0.15, 0.2) is 11.1 Å². The van der Waals surface area contributed by atoms with Crippen molar-refractivity contribution in [2.24, 2.45) is 10.7 Å². The summed E-state index contributed by atoms with van der Waals surface area (Å²) in [6, 6.07) is 4.88. The van der Waals surface area contributed by atoms with Gasteiger partial charge in [-0.15, -0.1) is 11.3 Å². The number of hydrogen-bond acceptors (Lipinski definition) is 8. The largest absolute Gasteiger partial charge is 0.370 e. The fraction of sp³-hybridized carbons (Fsp3) is 0.375. The van der Waals surface area contributed by atoms with E-state index < -0.39 is 14.9 Å². The van der Waals surface area contributed by atoms with Gasteiger partial charge in [-0.05, 0) is 6.07 Å². The highest BCUT2D eigenvalue weighted by molar-refractivity contribution is 7.89. The predicted octanol–water partition coefficient (Wildman–Crippen LogP) is 0.467. The number of aromatic nitrogens is 1. The van der Waals surface area contributed by atoms with Crippen LogP contribution in [0.4, 0.5) is 10.8 Å². The highest BCUT2D eigenvalue weighted by atomic mass is 32.2. The molecule has 0 aliphatic carbocycles. The van der Waals surface area contributed by atoms with Crippen molar-refractivity contribution < 1.29 is 13.3 Å². The van der Waals surface area contributed by atoms with E-state index in [4.69, 9.17) is 5.73 Å². The number of nitro benzene ring substituents is 1. The Morgan fingerprint density at radius 2 is 2.10 bits per heavy atom. The lowest BCUT2D eigenvalue weighted by molar-refractivity contribution is -0.385. The van der Waals surface area contributed by atoms with Gasteiger partial charge in [0.25, 0.3) is 5.69 Å². The van der Waals surface area contributed by atoms with Gasteiger partial charge in [-0.25, -0.2) is 18.1 Å². The second-order valence-corrected chi connectivity index (χ2v) is 8.82. The van der Waals surface area contributed by atoms with Gasteiger partial charge in [0.1, 0.15) is 0 Å². The number of anilines is 1. The van der Waals surface area contributed by atoms with E-state index in [1.807, 2.05) is 10.3 Å². The number of guanidine groups is 1. The molecule has 1 aromatic heterocycles. The van der Waals surface area contributed by atoms with Crippen LogP contribution in [0.5, 0.6) is 0 Å². The van der Waals surface area contributed by atoms with Gasteiger partial charge in [-0.1, -0.05) is 6.07 Å². The van der Waals surface area contributed by atoms with Gasteiger partial charge in [-0.2, -0.15) is 0 Å². The summed E-state index contributed by atoms with van der Waals surface area (Å²) in [6.45, 7) is 3.16. The van der Waals surface area contributed by atoms with Gasteiger partial charge < -0.3 is 15.5 Å². The van der Waals surface area contributed by atoms with Crippen molar-refractivity contribution in [3.63, 3.8) is 0 Å². The molecule has 11 nitrogen and oxygen atoms in total. The van der Waals surface area contributed by atoms with Crippen molar-refractivity contribution in [3.8, 4) is 0 Å². The maximum absolute atomic E-state index is 12.3. The Bertz CT molecular complexity index is 971. The number of nitrogens with two attached hydrogens (primary N) is 1. The van der Waals surface area contributed by atoms with E-state index >= 15 is 0 Å². The topological polar surface area (TPSA) is 147 Å². The monoisotopic (exact) mass is 439 g/mol. The van der Waals surface area contributed by atoms with Crippen LogP contribution in [0.3, 0.4) is 0 Å². The standard InChI is InChI=1S/C16H21N7O4S2/c17-15(21-7-9-22(10-8-21)16-19-6-11-28-16)18-4-5-20-29(26,27)14-3-1-2-13(12-14)23(24)25/h1-3,6,11-12,20H,4-5,7-10H2,(H2,17,18). The van der Waals surface area contributed by atoms with Crippen LogP contribution in [0.1, 0.15) is 0 Å². The van der Waals surface area contributed by atoms with Gasteiger partial charge in [-0.3, -0.25) is 15.1 Å². The van der Waals surface area contributed by atoms with Crippen LogP contribution in [0.15, 0.2) is 45.7 Å². The Labute approximate surface area is 172 Å². The molecule has 3 rings (SSSR count). The number of non-ortho nitro benzene ring substituents is 1. The summed E-state index contributed by atoms with van der Waals surface area (Å²) in [5.74, 6) is 0.360. The molecule has 0 atom stereocenters. The van der Waals surface area contributed by atoms with Gasteiger partial charge in [0, 0.05) is 56.4 Å². The van der Waals surface area contributed by atoms with E-state index in [0.29, 0.717) is 19.0 Å². The van der Waals surface area contributed by atoms with Crippen molar-refractivity contribution in [2.75, 3.05) is 44.2 Å². The van der Waals surface area contributed by atoms with Crippen LogP contribution in [0.25, 0.3) is 0 Å². The third kappa shape index (κ3) is 5.40. The molecule has 0 bridgehead atoms. The van der Waals surface area contributed by atoms with E-state index in [9.17, 15) is 18.5 Å². The van der Waals surface area contributed by atoms with E-state index in [2.05, 4.69) is 19.6 Å². The minimum absolute atomic E-state index is 0.0325. The molecule has 156 valence electrons. The first kappa shape index (κ1) is 21.0. The molecule has 0 spiro atoms. The average Bonchev–Trinajstić information content (AvgIpc) is 3.26. The zero-order chi connectivity index (χ0) is 20.9. The second kappa shape index (κ2) is 9.15. The molecule has 2 heterocycles. The minimum Gasteiger partial charge on any atom is -0.370 e. The maximum Gasteiger partial charge on any atom is 0.270 e. The fourth-order valence-electron chi connectivity index (χ4n) is 2.80. The number of nitrogens with one attached hydrogen (secondary N) is 1. The molecule has 13 heteroatoms. The molecule has 0 radical (unpaired) electrons. The van der Waals surface area contributed by atoms with Gasteiger partial charge >= 0.3 is 0 Å². The molecular formula is C16H21N7O4S2. The first-order valence-electron chi connectivity index (χ1n) is 8.80. The molecule has 29 heavy (non-hydrogen) atoms. The van der Waals surface area contributed by atoms with Crippen LogP contribution in [0, 0.1) is 10.1 Å². The van der Waals surface area contributed by atoms with Crippen molar-refractivity contribution in [2.45, 2.75) is 4.90 Å². The quantitative estimate of drug-likeness (QED) is 0.208. The number of piperazine rings is 1. The molecule has 3 N–H and O–H groups in total. The molecule has 1 aromatic carbocycles. The van der Waals surface area contributed by atoms with E-state index in [0.717, 1.165) is 24.3 Å². The number of rotatable bonds is 7. The van der Waals surface area contributed by atoms with Gasteiger partial charge in [0.2, 0.25) is 10.0 Å². The zero-order valence-electron chi connectivity index (χ0n) is 15.5.